The number of rotatable bonds is 7. The van der Waals surface area contributed by atoms with Gasteiger partial charge in [0, 0.05) is 35.5 Å². The highest BCUT2D eigenvalue weighted by Crippen LogP contribution is 2.36. The Morgan fingerprint density at radius 1 is 1.25 bits per heavy atom. The Labute approximate surface area is 199 Å². The highest BCUT2D eigenvalue weighted by Gasteiger charge is 2.21. The van der Waals surface area contributed by atoms with Gasteiger partial charge in [0.15, 0.2) is 10.3 Å². The van der Waals surface area contributed by atoms with Crippen molar-refractivity contribution < 1.29 is 9.53 Å². The quantitative estimate of drug-likeness (QED) is 0.289. The number of hydrogen-bond acceptors (Lipinski definition) is 6. The SMILES string of the molecule is COc1ccccc1N(C(C)=O)c1nc(CSc2nccn2-c2cccc(Cl)c2C)cs1. The van der Waals surface area contributed by atoms with Gasteiger partial charge in [-0.2, -0.15) is 0 Å². The van der Waals surface area contributed by atoms with Gasteiger partial charge in [-0.15, -0.1) is 11.3 Å². The molecule has 4 aromatic rings. The summed E-state index contributed by atoms with van der Waals surface area (Å²) in [6, 6.07) is 13.2. The van der Waals surface area contributed by atoms with Crippen molar-refractivity contribution in [3.8, 4) is 11.4 Å². The zero-order chi connectivity index (χ0) is 22.7. The maximum atomic E-state index is 12.4. The Morgan fingerprint density at radius 3 is 2.84 bits per heavy atom. The van der Waals surface area contributed by atoms with E-state index >= 15 is 0 Å². The van der Waals surface area contributed by atoms with Crippen molar-refractivity contribution in [2.24, 2.45) is 0 Å². The molecule has 4 rings (SSSR count). The second kappa shape index (κ2) is 9.77. The van der Waals surface area contributed by atoms with Gasteiger partial charge in [-0.1, -0.05) is 41.6 Å². The average Bonchev–Trinajstić information content (AvgIpc) is 3.44. The lowest BCUT2D eigenvalue weighted by Crippen LogP contribution is -2.23. The van der Waals surface area contributed by atoms with Gasteiger partial charge in [-0.25, -0.2) is 9.97 Å². The number of para-hydroxylation sites is 2. The van der Waals surface area contributed by atoms with Crippen molar-refractivity contribution in [3.05, 3.63) is 76.5 Å². The normalized spacial score (nSPS) is 10.9. The number of hydrogen-bond donors (Lipinski definition) is 0. The van der Waals surface area contributed by atoms with Crippen LogP contribution in [0.2, 0.25) is 5.02 Å². The number of amides is 1. The van der Waals surface area contributed by atoms with Crippen LogP contribution in [0.25, 0.3) is 5.69 Å². The maximum absolute atomic E-state index is 12.4. The standard InChI is InChI=1S/C23H21ClN4O2S2/c1-15-18(24)7-6-9-19(15)27-12-11-25-22(27)31-13-17-14-32-23(26-17)28(16(2)29)20-8-4-5-10-21(20)30-3/h4-12,14H,13H2,1-3H3. The summed E-state index contributed by atoms with van der Waals surface area (Å²) in [5.41, 5.74) is 3.53. The van der Waals surface area contributed by atoms with Crippen LogP contribution in [0, 0.1) is 6.92 Å². The number of halogens is 1. The fraction of sp³-hybridized carbons (Fsp3) is 0.174. The first-order chi connectivity index (χ1) is 15.5. The Bertz CT molecular complexity index is 1250. The topological polar surface area (TPSA) is 60.2 Å². The summed E-state index contributed by atoms with van der Waals surface area (Å²) < 4.78 is 7.46. The van der Waals surface area contributed by atoms with Gasteiger partial charge in [0.1, 0.15) is 5.75 Å². The van der Waals surface area contributed by atoms with Crippen LogP contribution < -0.4 is 9.64 Å². The second-order valence-electron chi connectivity index (χ2n) is 6.90. The third-order valence-corrected chi connectivity index (χ3v) is 7.11. The van der Waals surface area contributed by atoms with Gasteiger partial charge < -0.3 is 4.74 Å². The van der Waals surface area contributed by atoms with E-state index in [1.165, 1.54) is 18.3 Å². The van der Waals surface area contributed by atoms with Crippen molar-refractivity contribution in [3.63, 3.8) is 0 Å². The van der Waals surface area contributed by atoms with Crippen LogP contribution in [0.1, 0.15) is 18.2 Å². The number of imidazole rings is 1. The van der Waals surface area contributed by atoms with Gasteiger partial charge in [-0.3, -0.25) is 14.3 Å². The summed E-state index contributed by atoms with van der Waals surface area (Å²) in [4.78, 5) is 23.2. The van der Waals surface area contributed by atoms with Gasteiger partial charge in [0.25, 0.3) is 0 Å². The molecule has 0 unspecified atom stereocenters. The zero-order valence-corrected chi connectivity index (χ0v) is 20.2. The van der Waals surface area contributed by atoms with E-state index in [4.69, 9.17) is 21.3 Å². The molecule has 0 fully saturated rings. The third kappa shape index (κ3) is 4.53. The summed E-state index contributed by atoms with van der Waals surface area (Å²) in [5, 5.41) is 4.13. The molecule has 32 heavy (non-hydrogen) atoms. The summed E-state index contributed by atoms with van der Waals surface area (Å²) in [5.74, 6) is 1.10. The molecule has 6 nitrogen and oxygen atoms in total. The van der Waals surface area contributed by atoms with E-state index in [2.05, 4.69) is 4.98 Å². The van der Waals surface area contributed by atoms with Crippen molar-refractivity contribution in [1.29, 1.82) is 0 Å². The molecule has 0 aliphatic carbocycles. The van der Waals surface area contributed by atoms with Crippen molar-refractivity contribution in [2.45, 2.75) is 24.8 Å². The molecule has 0 aliphatic heterocycles. The molecular formula is C23H21ClN4O2S2. The minimum Gasteiger partial charge on any atom is -0.495 e. The van der Waals surface area contributed by atoms with Crippen LogP contribution in [-0.4, -0.2) is 27.6 Å². The second-order valence-corrected chi connectivity index (χ2v) is 9.09. The molecule has 2 heterocycles. The number of thioether (sulfide) groups is 1. The molecule has 9 heteroatoms. The summed E-state index contributed by atoms with van der Waals surface area (Å²) in [7, 11) is 1.59. The number of aromatic nitrogens is 3. The van der Waals surface area contributed by atoms with Crippen LogP contribution in [-0.2, 0) is 10.5 Å². The highest BCUT2D eigenvalue weighted by molar-refractivity contribution is 7.98. The predicted octanol–water partition coefficient (Wildman–Crippen LogP) is 6.28. The van der Waals surface area contributed by atoms with Crippen LogP contribution in [0.3, 0.4) is 0 Å². The number of thiazole rings is 1. The lowest BCUT2D eigenvalue weighted by atomic mass is 10.2. The Kier molecular flexibility index (Phi) is 6.83. The van der Waals surface area contributed by atoms with Gasteiger partial charge in [-0.05, 0) is 36.8 Å². The van der Waals surface area contributed by atoms with E-state index in [0.29, 0.717) is 22.3 Å². The molecule has 0 aliphatic rings. The molecule has 0 bridgehead atoms. The predicted molar refractivity (Wildman–Crippen MR) is 131 cm³/mol. The third-order valence-electron chi connectivity index (χ3n) is 4.83. The lowest BCUT2D eigenvalue weighted by molar-refractivity contribution is -0.115. The first-order valence-corrected chi connectivity index (χ1v) is 12.0. The summed E-state index contributed by atoms with van der Waals surface area (Å²) in [6.45, 7) is 3.51. The highest BCUT2D eigenvalue weighted by atomic mass is 35.5. The maximum Gasteiger partial charge on any atom is 0.230 e. The first-order valence-electron chi connectivity index (χ1n) is 9.79. The monoisotopic (exact) mass is 484 g/mol. The zero-order valence-electron chi connectivity index (χ0n) is 17.8. The van der Waals surface area contributed by atoms with Crippen molar-refractivity contribution in [2.75, 3.05) is 12.0 Å². The Hall–Kier alpha value is -2.81. The molecule has 0 radical (unpaired) electrons. The van der Waals surface area contributed by atoms with Crippen molar-refractivity contribution in [1.82, 2.24) is 14.5 Å². The van der Waals surface area contributed by atoms with Crippen LogP contribution in [0.15, 0.2) is 65.4 Å². The molecule has 2 aromatic heterocycles. The fourth-order valence-corrected chi connectivity index (χ4v) is 5.28. The number of nitrogens with zero attached hydrogens (tertiary/aromatic N) is 4. The molecule has 0 N–H and O–H groups in total. The average molecular weight is 485 g/mol. The Balaban J connectivity index is 1.55. The van der Waals surface area contributed by atoms with E-state index in [0.717, 1.165) is 27.1 Å². The van der Waals surface area contributed by atoms with Crippen LogP contribution >= 0.6 is 34.7 Å². The van der Waals surface area contributed by atoms with E-state index in [1.54, 1.807) is 30.0 Å². The van der Waals surface area contributed by atoms with E-state index in [1.807, 2.05) is 65.5 Å². The fourth-order valence-electron chi connectivity index (χ4n) is 3.26. The molecule has 0 atom stereocenters. The number of benzene rings is 2. The molecule has 2 aromatic carbocycles. The number of methoxy groups -OCH3 is 1. The number of anilines is 2. The van der Waals surface area contributed by atoms with Gasteiger partial charge in [0.05, 0.1) is 24.2 Å². The smallest absolute Gasteiger partial charge is 0.230 e. The number of carbonyl (C=O) groups excluding carboxylic acids is 1. The van der Waals surface area contributed by atoms with E-state index < -0.39 is 0 Å². The number of carbonyl (C=O) groups is 1. The van der Waals surface area contributed by atoms with Gasteiger partial charge in [0.2, 0.25) is 5.91 Å². The minimum atomic E-state index is -0.130. The molecule has 0 saturated carbocycles. The van der Waals surface area contributed by atoms with E-state index in [-0.39, 0.29) is 5.91 Å². The first kappa shape index (κ1) is 22.4. The molecule has 1 amide bonds. The molecule has 0 spiro atoms. The van der Waals surface area contributed by atoms with E-state index in [9.17, 15) is 4.79 Å². The summed E-state index contributed by atoms with van der Waals surface area (Å²) in [6.07, 6.45) is 3.70. The largest absolute Gasteiger partial charge is 0.495 e. The Morgan fingerprint density at radius 2 is 2.06 bits per heavy atom. The minimum absolute atomic E-state index is 0.130. The van der Waals surface area contributed by atoms with Crippen LogP contribution in [0.4, 0.5) is 10.8 Å². The van der Waals surface area contributed by atoms with Gasteiger partial charge >= 0.3 is 0 Å². The molecule has 0 saturated heterocycles. The van der Waals surface area contributed by atoms with Crippen molar-refractivity contribution >= 4 is 51.4 Å². The summed E-state index contributed by atoms with van der Waals surface area (Å²) >= 11 is 9.30. The number of ether oxygens (including phenoxy) is 1. The molecule has 164 valence electrons. The molecular weight excluding hydrogens is 464 g/mol. The lowest BCUT2D eigenvalue weighted by Gasteiger charge is -2.20. The van der Waals surface area contributed by atoms with Crippen LogP contribution in [0.5, 0.6) is 5.75 Å².